The number of hydrogen-bond donors (Lipinski definition) is 0. The van der Waals surface area contributed by atoms with Crippen molar-refractivity contribution >= 4 is 5.76 Å². The summed E-state index contributed by atoms with van der Waals surface area (Å²) in [6.07, 6.45) is 7.99. The first-order valence-corrected chi connectivity index (χ1v) is 8.34. The Balaban J connectivity index is 1.70. The molecule has 1 unspecified atom stereocenters. The van der Waals surface area contributed by atoms with Crippen molar-refractivity contribution in [3.8, 4) is 0 Å². The van der Waals surface area contributed by atoms with Crippen molar-refractivity contribution in [1.82, 2.24) is 0 Å². The van der Waals surface area contributed by atoms with Gasteiger partial charge >= 0.3 is 0 Å². The van der Waals surface area contributed by atoms with E-state index < -0.39 is 11.6 Å². The molecule has 0 N–H and O–H groups in total. The molecule has 3 rings (SSSR count). The van der Waals surface area contributed by atoms with Crippen LogP contribution in [0.2, 0.25) is 0 Å². The fourth-order valence-electron chi connectivity index (χ4n) is 3.69. The Kier molecular flexibility index (Phi) is 4.51. The van der Waals surface area contributed by atoms with Crippen LogP contribution in [0, 0.1) is 36.3 Å². The largest absolute Gasteiger partial charge is 0.493 e. The molecule has 1 atom stereocenters. The summed E-state index contributed by atoms with van der Waals surface area (Å²) in [5.74, 6) is 1.01. The van der Waals surface area contributed by atoms with Gasteiger partial charge in [-0.1, -0.05) is 25.8 Å². The van der Waals surface area contributed by atoms with Crippen LogP contribution in [-0.2, 0) is 4.74 Å². The Bertz CT molecular complexity index is 571. The van der Waals surface area contributed by atoms with Crippen molar-refractivity contribution < 1.29 is 13.5 Å². The normalized spacial score (nSPS) is 28.9. The van der Waals surface area contributed by atoms with E-state index in [1.54, 1.807) is 19.1 Å². The molecule has 3 heteroatoms. The third-order valence-corrected chi connectivity index (χ3v) is 5.33. The zero-order valence-electron chi connectivity index (χ0n) is 13.4. The average molecular weight is 306 g/mol. The van der Waals surface area contributed by atoms with Crippen molar-refractivity contribution in [2.75, 3.05) is 6.61 Å². The number of benzene rings is 1. The Morgan fingerprint density at radius 3 is 2.36 bits per heavy atom. The van der Waals surface area contributed by atoms with Crippen molar-refractivity contribution in [3.05, 3.63) is 41.0 Å². The number of hydrogen-bond acceptors (Lipinski definition) is 1. The molecule has 1 aliphatic carbocycles. The minimum Gasteiger partial charge on any atom is -0.493 e. The third kappa shape index (κ3) is 3.04. The summed E-state index contributed by atoms with van der Waals surface area (Å²) in [5.41, 5.74) is 0.575. The summed E-state index contributed by atoms with van der Waals surface area (Å²) >= 11 is 0. The highest BCUT2D eigenvalue weighted by molar-refractivity contribution is 5.61. The van der Waals surface area contributed by atoms with E-state index in [2.05, 4.69) is 6.92 Å². The van der Waals surface area contributed by atoms with Gasteiger partial charge in [-0.3, -0.25) is 0 Å². The molecular formula is C19H24F2O. The maximum absolute atomic E-state index is 14.0. The van der Waals surface area contributed by atoms with Crippen LogP contribution in [0.3, 0.4) is 0 Å². The second-order valence-corrected chi connectivity index (χ2v) is 6.95. The molecule has 0 aromatic heterocycles. The fourth-order valence-corrected chi connectivity index (χ4v) is 3.69. The van der Waals surface area contributed by atoms with E-state index in [9.17, 15) is 8.78 Å². The molecule has 0 radical (unpaired) electrons. The summed E-state index contributed by atoms with van der Waals surface area (Å²) in [4.78, 5) is 0. The van der Waals surface area contributed by atoms with Gasteiger partial charge in [0.2, 0.25) is 0 Å². The van der Waals surface area contributed by atoms with Gasteiger partial charge in [-0.2, -0.15) is 0 Å². The van der Waals surface area contributed by atoms with E-state index in [0.717, 1.165) is 12.3 Å². The summed E-state index contributed by atoms with van der Waals surface area (Å²) < 4.78 is 33.5. The molecule has 22 heavy (non-hydrogen) atoms. The van der Waals surface area contributed by atoms with Crippen LogP contribution >= 0.6 is 0 Å². The monoisotopic (exact) mass is 306 g/mol. The van der Waals surface area contributed by atoms with Crippen molar-refractivity contribution in [2.45, 2.75) is 46.0 Å². The second kappa shape index (κ2) is 6.39. The molecule has 120 valence electrons. The lowest BCUT2D eigenvalue weighted by molar-refractivity contribution is 0.121. The zero-order chi connectivity index (χ0) is 15.7. The third-order valence-electron chi connectivity index (χ3n) is 5.33. The van der Waals surface area contributed by atoms with Gasteiger partial charge in [0.05, 0.1) is 12.2 Å². The van der Waals surface area contributed by atoms with E-state index in [-0.39, 0.29) is 5.56 Å². The first-order chi connectivity index (χ1) is 10.6. The molecule has 0 saturated heterocycles. The molecule has 1 aliphatic heterocycles. The van der Waals surface area contributed by atoms with Crippen molar-refractivity contribution in [2.24, 2.45) is 17.8 Å². The molecule has 1 aromatic carbocycles. The quantitative estimate of drug-likeness (QED) is 0.703. The first-order valence-electron chi connectivity index (χ1n) is 8.34. The molecule has 0 spiro atoms. The Morgan fingerprint density at radius 2 is 1.73 bits per heavy atom. The van der Waals surface area contributed by atoms with Crippen molar-refractivity contribution in [3.63, 3.8) is 0 Å². The number of halogens is 2. The zero-order valence-corrected chi connectivity index (χ0v) is 13.4. The van der Waals surface area contributed by atoms with Crippen LogP contribution in [0.5, 0.6) is 0 Å². The van der Waals surface area contributed by atoms with Gasteiger partial charge in [0.1, 0.15) is 5.76 Å². The highest BCUT2D eigenvalue weighted by Gasteiger charge is 2.29. The minimum absolute atomic E-state index is 0.249. The van der Waals surface area contributed by atoms with E-state index >= 15 is 0 Å². The molecule has 1 aromatic rings. The lowest BCUT2D eigenvalue weighted by Crippen LogP contribution is -2.26. The molecule has 2 aliphatic rings. The van der Waals surface area contributed by atoms with Crippen LogP contribution in [0.4, 0.5) is 8.78 Å². The SMILES string of the molecule is Cc1ccc(C2=CCC(C3CCC(C)CC3)CO2)c(F)c1F. The number of allylic oxidation sites excluding steroid dienone is 1. The van der Waals surface area contributed by atoms with Gasteiger partial charge in [0.25, 0.3) is 0 Å². The maximum Gasteiger partial charge on any atom is 0.170 e. The van der Waals surface area contributed by atoms with Crippen LogP contribution < -0.4 is 0 Å². The predicted octanol–water partition coefficient (Wildman–Crippen LogP) is 5.48. The molecular weight excluding hydrogens is 282 g/mol. The van der Waals surface area contributed by atoms with Crippen LogP contribution in [0.15, 0.2) is 18.2 Å². The van der Waals surface area contributed by atoms with E-state index in [1.807, 2.05) is 6.08 Å². The van der Waals surface area contributed by atoms with Gasteiger partial charge in [0.15, 0.2) is 11.6 Å². The van der Waals surface area contributed by atoms with Gasteiger partial charge in [-0.05, 0) is 61.6 Å². The molecule has 1 fully saturated rings. The smallest absolute Gasteiger partial charge is 0.170 e. The summed E-state index contributed by atoms with van der Waals surface area (Å²) in [5, 5.41) is 0. The maximum atomic E-state index is 14.0. The number of aryl methyl sites for hydroxylation is 1. The average Bonchev–Trinajstić information content (AvgIpc) is 2.54. The number of ether oxygens (including phenoxy) is 1. The standard InChI is InChI=1S/C19H24F2O/c1-12-3-6-14(7-4-12)15-8-10-17(22-11-15)16-9-5-13(2)18(20)19(16)21/h5,9-10,12,14-15H,3-4,6-8,11H2,1-2H3. The van der Waals surface area contributed by atoms with Gasteiger partial charge in [0, 0.05) is 0 Å². The Labute approximate surface area is 131 Å². The van der Waals surface area contributed by atoms with Gasteiger partial charge in [-0.15, -0.1) is 0 Å². The molecule has 0 bridgehead atoms. The molecule has 1 heterocycles. The minimum atomic E-state index is -0.795. The topological polar surface area (TPSA) is 9.23 Å². The molecule has 0 amide bonds. The van der Waals surface area contributed by atoms with Crippen LogP contribution in [0.25, 0.3) is 5.76 Å². The van der Waals surface area contributed by atoms with Gasteiger partial charge < -0.3 is 4.74 Å². The summed E-state index contributed by atoms with van der Waals surface area (Å²) in [7, 11) is 0. The van der Waals surface area contributed by atoms with E-state index in [0.29, 0.717) is 29.8 Å². The van der Waals surface area contributed by atoms with Gasteiger partial charge in [-0.25, -0.2) is 8.78 Å². The predicted molar refractivity (Wildman–Crippen MR) is 84.3 cm³/mol. The lowest BCUT2D eigenvalue weighted by atomic mass is 9.75. The van der Waals surface area contributed by atoms with Crippen molar-refractivity contribution in [1.29, 1.82) is 0 Å². The highest BCUT2D eigenvalue weighted by atomic mass is 19.2. The molecule has 1 nitrogen and oxygen atoms in total. The highest BCUT2D eigenvalue weighted by Crippen LogP contribution is 2.38. The van der Waals surface area contributed by atoms with E-state index in [4.69, 9.17) is 4.74 Å². The lowest BCUT2D eigenvalue weighted by Gasteiger charge is -2.34. The Morgan fingerprint density at radius 1 is 1.00 bits per heavy atom. The summed E-state index contributed by atoms with van der Waals surface area (Å²) in [6, 6.07) is 3.22. The first kappa shape index (κ1) is 15.5. The second-order valence-electron chi connectivity index (χ2n) is 6.95. The summed E-state index contributed by atoms with van der Waals surface area (Å²) in [6.45, 7) is 4.51. The van der Waals surface area contributed by atoms with E-state index in [1.165, 1.54) is 25.7 Å². The fraction of sp³-hybridized carbons (Fsp3) is 0.579. The Hall–Kier alpha value is -1.38. The molecule has 1 saturated carbocycles. The number of rotatable bonds is 2. The van der Waals surface area contributed by atoms with Crippen LogP contribution in [-0.4, -0.2) is 6.61 Å². The van der Waals surface area contributed by atoms with Crippen LogP contribution in [0.1, 0.15) is 50.2 Å².